The predicted molar refractivity (Wildman–Crippen MR) is 125 cm³/mol. The molecule has 0 bridgehead atoms. The number of nitrogens with one attached hydrogen (secondary N) is 1. The van der Waals surface area contributed by atoms with Crippen molar-refractivity contribution in [2.45, 2.75) is 43.0 Å². The van der Waals surface area contributed by atoms with Gasteiger partial charge in [0.15, 0.2) is 0 Å². The molecule has 0 spiro atoms. The van der Waals surface area contributed by atoms with Gasteiger partial charge in [-0.1, -0.05) is 54.6 Å². The van der Waals surface area contributed by atoms with Crippen molar-refractivity contribution in [2.24, 2.45) is 0 Å². The number of fused-ring (bicyclic) bond motifs is 1. The molecule has 3 rings (SSSR count). The van der Waals surface area contributed by atoms with Crippen LogP contribution in [0, 0.1) is 0 Å². The summed E-state index contributed by atoms with van der Waals surface area (Å²) in [5.41, 5.74) is 3.03. The standard InChI is InChI=1S/C23H26N2O4S2/c1-15(24-21(26)20(30)14-31-13-16-7-3-2-4-8-16)22(27)25-12-18-10-6-5-9-17(18)11-19(25)23(28)29/h2-10,15,19-20,30H,11-14H2,1H3,(H,24,26)(H,28,29)/t15-,19-,20+/m0/s1. The lowest BCUT2D eigenvalue weighted by Crippen LogP contribution is -2.55. The van der Waals surface area contributed by atoms with Gasteiger partial charge in [0.25, 0.3) is 0 Å². The maximum Gasteiger partial charge on any atom is 0.326 e. The topological polar surface area (TPSA) is 86.7 Å². The minimum Gasteiger partial charge on any atom is -0.480 e. The van der Waals surface area contributed by atoms with Crippen LogP contribution < -0.4 is 5.32 Å². The van der Waals surface area contributed by atoms with Crippen molar-refractivity contribution in [2.75, 3.05) is 5.75 Å². The molecule has 0 fully saturated rings. The zero-order valence-corrected chi connectivity index (χ0v) is 18.9. The molecule has 3 atom stereocenters. The molecule has 2 amide bonds. The van der Waals surface area contributed by atoms with Gasteiger partial charge in [-0.2, -0.15) is 24.4 Å². The van der Waals surface area contributed by atoms with Crippen LogP contribution in [0.5, 0.6) is 0 Å². The molecule has 0 unspecified atom stereocenters. The Kier molecular flexibility index (Phi) is 8.03. The Labute approximate surface area is 191 Å². The van der Waals surface area contributed by atoms with E-state index in [1.54, 1.807) is 18.7 Å². The van der Waals surface area contributed by atoms with Crippen LogP contribution in [0.2, 0.25) is 0 Å². The maximum absolute atomic E-state index is 13.0. The molecule has 1 aliphatic rings. The maximum atomic E-state index is 13.0. The monoisotopic (exact) mass is 458 g/mol. The van der Waals surface area contributed by atoms with Crippen molar-refractivity contribution in [3.63, 3.8) is 0 Å². The van der Waals surface area contributed by atoms with E-state index in [4.69, 9.17) is 0 Å². The lowest BCUT2D eigenvalue weighted by Gasteiger charge is -2.36. The molecule has 1 aliphatic heterocycles. The number of thiol groups is 1. The van der Waals surface area contributed by atoms with Gasteiger partial charge < -0.3 is 15.3 Å². The largest absolute Gasteiger partial charge is 0.480 e. The SMILES string of the molecule is C[C@H](NC(=O)[C@H](S)CSCc1ccccc1)C(=O)N1Cc2ccccc2C[C@H]1C(=O)O. The lowest BCUT2D eigenvalue weighted by molar-refractivity contribution is -0.152. The highest BCUT2D eigenvalue weighted by Crippen LogP contribution is 2.24. The molecular formula is C23H26N2O4S2. The van der Waals surface area contributed by atoms with Crippen LogP contribution in [-0.2, 0) is 33.1 Å². The quantitative estimate of drug-likeness (QED) is 0.530. The fourth-order valence-corrected chi connectivity index (χ4v) is 4.85. The average molecular weight is 459 g/mol. The van der Waals surface area contributed by atoms with Crippen LogP contribution >= 0.6 is 24.4 Å². The number of thioether (sulfide) groups is 1. The molecule has 0 radical (unpaired) electrons. The van der Waals surface area contributed by atoms with E-state index in [0.717, 1.165) is 16.9 Å². The van der Waals surface area contributed by atoms with Crippen LogP contribution in [0.3, 0.4) is 0 Å². The molecule has 2 aromatic carbocycles. The molecule has 0 aliphatic carbocycles. The summed E-state index contributed by atoms with van der Waals surface area (Å²) in [6.07, 6.45) is 0.253. The number of hydrogen-bond acceptors (Lipinski definition) is 5. The summed E-state index contributed by atoms with van der Waals surface area (Å²) in [6.45, 7) is 1.79. The van der Waals surface area contributed by atoms with Gasteiger partial charge in [0, 0.05) is 24.5 Å². The Morgan fingerprint density at radius 1 is 1.13 bits per heavy atom. The lowest BCUT2D eigenvalue weighted by atomic mass is 9.93. The van der Waals surface area contributed by atoms with E-state index in [0.29, 0.717) is 5.75 Å². The molecule has 6 nitrogen and oxygen atoms in total. The highest BCUT2D eigenvalue weighted by Gasteiger charge is 2.36. The summed E-state index contributed by atoms with van der Waals surface area (Å²) in [7, 11) is 0. The third-order valence-electron chi connectivity index (χ3n) is 5.24. The van der Waals surface area contributed by atoms with Gasteiger partial charge in [0.2, 0.25) is 11.8 Å². The number of carbonyl (C=O) groups is 3. The highest BCUT2D eigenvalue weighted by atomic mass is 32.2. The Balaban J connectivity index is 1.56. The van der Waals surface area contributed by atoms with Crippen LogP contribution in [-0.4, -0.2) is 50.9 Å². The first-order valence-electron chi connectivity index (χ1n) is 10.1. The molecule has 8 heteroatoms. The highest BCUT2D eigenvalue weighted by molar-refractivity contribution is 7.99. The summed E-state index contributed by atoms with van der Waals surface area (Å²) < 4.78 is 0. The number of carboxylic acids is 1. The number of carboxylic acid groups (broad SMARTS) is 1. The van der Waals surface area contributed by atoms with Gasteiger partial charge in [0.1, 0.15) is 12.1 Å². The number of rotatable bonds is 8. The van der Waals surface area contributed by atoms with E-state index < -0.39 is 29.2 Å². The van der Waals surface area contributed by atoms with Crippen molar-refractivity contribution in [1.29, 1.82) is 0 Å². The van der Waals surface area contributed by atoms with E-state index in [-0.39, 0.29) is 18.9 Å². The minimum absolute atomic E-state index is 0.212. The number of amides is 2. The van der Waals surface area contributed by atoms with E-state index in [9.17, 15) is 19.5 Å². The minimum atomic E-state index is -1.05. The van der Waals surface area contributed by atoms with Crippen LogP contribution in [0.4, 0.5) is 0 Å². The summed E-state index contributed by atoms with van der Waals surface area (Å²) in [6, 6.07) is 15.7. The second-order valence-corrected chi connectivity index (χ2v) is 9.19. The van der Waals surface area contributed by atoms with Crippen LogP contribution in [0.15, 0.2) is 54.6 Å². The fraction of sp³-hybridized carbons (Fsp3) is 0.348. The number of carbonyl (C=O) groups excluding carboxylic acids is 2. The summed E-state index contributed by atoms with van der Waals surface area (Å²) in [5.74, 6) is -0.528. The van der Waals surface area contributed by atoms with Gasteiger partial charge in [-0.25, -0.2) is 4.79 Å². The summed E-state index contributed by atoms with van der Waals surface area (Å²) in [5, 5.41) is 11.8. The fourth-order valence-electron chi connectivity index (χ4n) is 3.53. The van der Waals surface area contributed by atoms with Crippen molar-refractivity contribution in [3.05, 3.63) is 71.3 Å². The van der Waals surface area contributed by atoms with Gasteiger partial charge >= 0.3 is 5.97 Å². The molecule has 1 heterocycles. The molecule has 0 aromatic heterocycles. The molecule has 0 saturated carbocycles. The molecule has 164 valence electrons. The second-order valence-electron chi connectivity index (χ2n) is 7.54. The molecule has 2 N–H and O–H groups in total. The first-order valence-corrected chi connectivity index (χ1v) is 11.7. The Morgan fingerprint density at radius 2 is 1.77 bits per heavy atom. The number of aliphatic carboxylic acids is 1. The average Bonchev–Trinajstić information content (AvgIpc) is 2.78. The predicted octanol–water partition coefficient (Wildman–Crippen LogP) is 2.76. The van der Waals surface area contributed by atoms with Gasteiger partial charge in [-0.05, 0) is 23.6 Å². The van der Waals surface area contributed by atoms with Crippen LogP contribution in [0.25, 0.3) is 0 Å². The number of benzene rings is 2. The van der Waals surface area contributed by atoms with Gasteiger partial charge in [-0.3, -0.25) is 9.59 Å². The Bertz CT molecular complexity index is 938. The number of nitrogens with zero attached hydrogens (tertiary/aromatic N) is 1. The summed E-state index contributed by atoms with van der Waals surface area (Å²) in [4.78, 5) is 38.6. The van der Waals surface area contributed by atoms with Gasteiger partial charge in [-0.15, -0.1) is 0 Å². The zero-order valence-electron chi connectivity index (χ0n) is 17.2. The van der Waals surface area contributed by atoms with Crippen molar-refractivity contribution in [3.8, 4) is 0 Å². The first-order chi connectivity index (χ1) is 14.9. The van der Waals surface area contributed by atoms with E-state index in [2.05, 4.69) is 17.9 Å². The Hall–Kier alpha value is -2.45. The zero-order chi connectivity index (χ0) is 22.4. The first kappa shape index (κ1) is 23.2. The third kappa shape index (κ3) is 6.04. The summed E-state index contributed by atoms with van der Waals surface area (Å²) >= 11 is 5.97. The normalized spacial score (nSPS) is 17.4. The Morgan fingerprint density at radius 3 is 2.45 bits per heavy atom. The molecule has 31 heavy (non-hydrogen) atoms. The van der Waals surface area contributed by atoms with E-state index >= 15 is 0 Å². The van der Waals surface area contributed by atoms with Crippen molar-refractivity contribution >= 4 is 42.2 Å². The molecule has 2 aromatic rings. The van der Waals surface area contributed by atoms with Crippen molar-refractivity contribution in [1.82, 2.24) is 10.2 Å². The third-order valence-corrected chi connectivity index (χ3v) is 7.01. The van der Waals surface area contributed by atoms with E-state index in [1.807, 2.05) is 54.6 Å². The smallest absolute Gasteiger partial charge is 0.326 e. The second kappa shape index (κ2) is 10.7. The molecule has 0 saturated heterocycles. The van der Waals surface area contributed by atoms with Crippen LogP contribution in [0.1, 0.15) is 23.6 Å². The van der Waals surface area contributed by atoms with Gasteiger partial charge in [0.05, 0.1) is 5.25 Å². The van der Waals surface area contributed by atoms with Crippen molar-refractivity contribution < 1.29 is 19.5 Å². The molecular weight excluding hydrogens is 432 g/mol. The van der Waals surface area contributed by atoms with E-state index in [1.165, 1.54) is 10.5 Å². The number of hydrogen-bond donors (Lipinski definition) is 3.